The zero-order chi connectivity index (χ0) is 30.9. The number of aliphatic hydroxyl groups excluding tert-OH is 2. The maximum atomic E-state index is 13.8. The van der Waals surface area contributed by atoms with Crippen molar-refractivity contribution >= 4 is 29.1 Å². The molecule has 6 unspecified atom stereocenters. The summed E-state index contributed by atoms with van der Waals surface area (Å²) in [5.74, 6) is -3.10. The molecule has 0 radical (unpaired) electrons. The Morgan fingerprint density at radius 2 is 1.50 bits per heavy atom. The smallest absolute Gasteiger partial charge is 0.333 e. The van der Waals surface area contributed by atoms with Crippen LogP contribution in [-0.4, -0.2) is 113 Å². The average Bonchev–Trinajstić information content (AvgIpc) is 2.96. The zero-order valence-corrected chi connectivity index (χ0v) is 24.5. The summed E-state index contributed by atoms with van der Waals surface area (Å²) >= 11 is 0. The summed E-state index contributed by atoms with van der Waals surface area (Å²) in [6.45, 7) is 5.74. The number of hydrogen-bond donors (Lipinski definition) is 2. The number of ether oxygens (including phenoxy) is 3. The van der Waals surface area contributed by atoms with Gasteiger partial charge in [-0.3, -0.25) is 29.0 Å². The van der Waals surface area contributed by atoms with Crippen LogP contribution in [0.25, 0.3) is 0 Å². The number of aliphatic hydroxyl groups is 2. The molecule has 2 aliphatic carbocycles. The first-order valence-corrected chi connectivity index (χ1v) is 13.6. The lowest BCUT2D eigenvalue weighted by Crippen LogP contribution is -2.77. The second kappa shape index (κ2) is 10.5. The Morgan fingerprint density at radius 1 is 0.929 bits per heavy atom. The third-order valence-corrected chi connectivity index (χ3v) is 9.22. The quantitative estimate of drug-likeness (QED) is 0.255. The third kappa shape index (κ3) is 3.93. The molecule has 12 heteroatoms. The maximum absolute atomic E-state index is 13.8. The van der Waals surface area contributed by atoms with Crippen LogP contribution >= 0.6 is 0 Å². The number of Topliss-reactive ketones (excluding diaryl/α,β-unsaturated/α-hetero) is 4. The SMILES string of the molecule is CC=C(C)C(=O)OCC1C2=C(CC3C4C5=C(C(=O)C(C)=C(OC)C5=O)C(O)C(C(O)N13)N4C)C(=O)C(C)=C(OC)C2=O. The summed E-state index contributed by atoms with van der Waals surface area (Å²) in [5.41, 5.74) is 0.560. The molecular weight excluding hydrogens is 548 g/mol. The molecule has 0 spiro atoms. The fourth-order valence-electron chi connectivity index (χ4n) is 7.06. The Hall–Kier alpha value is -3.71. The number of methoxy groups -OCH3 is 2. The van der Waals surface area contributed by atoms with Gasteiger partial charge in [0.25, 0.3) is 0 Å². The standard InChI is InChI=1S/C30H34N2O10/c1-8-11(2)30(39)42-10-16-17-14(22(33)12(3)27(40-6)25(17)36)9-15-20-18-19(23(34)13(4)28(41-7)26(18)37)24(35)21(31(20)5)29(38)32(15)16/h8,15-16,20-21,24,29,35,38H,9-10H2,1-7H3. The molecule has 0 saturated carbocycles. The Morgan fingerprint density at radius 3 is 2.07 bits per heavy atom. The van der Waals surface area contributed by atoms with Crippen molar-refractivity contribution in [1.82, 2.24) is 9.80 Å². The first-order chi connectivity index (χ1) is 19.8. The minimum absolute atomic E-state index is 0.0135. The van der Waals surface area contributed by atoms with Crippen molar-refractivity contribution in [1.29, 1.82) is 0 Å². The molecule has 42 heavy (non-hydrogen) atoms. The lowest BCUT2D eigenvalue weighted by Gasteiger charge is -2.61. The fraction of sp³-hybridized carbons (Fsp3) is 0.500. The van der Waals surface area contributed by atoms with E-state index in [0.717, 1.165) is 0 Å². The minimum Gasteiger partial charge on any atom is -0.492 e. The summed E-state index contributed by atoms with van der Waals surface area (Å²) in [7, 11) is 4.18. The second-order valence-electron chi connectivity index (χ2n) is 11.1. The van der Waals surface area contributed by atoms with E-state index in [-0.39, 0.29) is 51.4 Å². The number of piperazine rings is 1. The molecule has 0 aromatic heterocycles. The van der Waals surface area contributed by atoms with Gasteiger partial charge in [-0.2, -0.15) is 0 Å². The number of rotatable bonds is 5. The van der Waals surface area contributed by atoms with Gasteiger partial charge in [-0.25, -0.2) is 4.79 Å². The summed E-state index contributed by atoms with van der Waals surface area (Å²) in [6, 6.07) is -3.93. The van der Waals surface area contributed by atoms with Gasteiger partial charge in [-0.05, 0) is 41.2 Å². The molecule has 5 rings (SSSR count). The van der Waals surface area contributed by atoms with E-state index in [1.807, 2.05) is 0 Å². The number of fused-ring (bicyclic) bond motifs is 5. The fourth-order valence-corrected chi connectivity index (χ4v) is 7.06. The summed E-state index contributed by atoms with van der Waals surface area (Å²) in [4.78, 5) is 70.5. The normalized spacial score (nSPS) is 32.3. The molecule has 1 saturated heterocycles. The van der Waals surface area contributed by atoms with Crippen molar-refractivity contribution in [3.63, 3.8) is 0 Å². The second-order valence-corrected chi connectivity index (χ2v) is 11.1. The molecule has 2 bridgehead atoms. The van der Waals surface area contributed by atoms with Crippen LogP contribution in [0.4, 0.5) is 0 Å². The number of esters is 1. The predicted octanol–water partition coefficient (Wildman–Crippen LogP) is 0.0518. The summed E-state index contributed by atoms with van der Waals surface area (Å²) < 4.78 is 16.2. The first-order valence-electron chi connectivity index (χ1n) is 13.6. The molecule has 2 N–H and O–H groups in total. The highest BCUT2D eigenvalue weighted by molar-refractivity contribution is 6.26. The lowest BCUT2D eigenvalue weighted by molar-refractivity contribution is -0.187. The maximum Gasteiger partial charge on any atom is 0.333 e. The average molecular weight is 583 g/mol. The molecular formula is C30H34N2O10. The van der Waals surface area contributed by atoms with Gasteiger partial charge in [0, 0.05) is 45.1 Å². The van der Waals surface area contributed by atoms with E-state index in [9.17, 15) is 34.2 Å². The van der Waals surface area contributed by atoms with Crippen molar-refractivity contribution in [2.45, 2.75) is 70.6 Å². The van der Waals surface area contributed by atoms with Crippen molar-refractivity contribution < 1.29 is 48.4 Å². The minimum atomic E-state index is -1.56. The van der Waals surface area contributed by atoms with Gasteiger partial charge >= 0.3 is 5.97 Å². The highest BCUT2D eigenvalue weighted by Gasteiger charge is 2.62. The number of carbonyl (C=O) groups is 5. The number of allylic oxidation sites excluding steroid dienone is 5. The molecule has 5 aliphatic rings. The van der Waals surface area contributed by atoms with Crippen LogP contribution in [-0.2, 0) is 38.2 Å². The Kier molecular flexibility index (Phi) is 7.46. The zero-order valence-electron chi connectivity index (χ0n) is 24.5. The van der Waals surface area contributed by atoms with Crippen LogP contribution in [0, 0.1) is 0 Å². The predicted molar refractivity (Wildman–Crippen MR) is 145 cm³/mol. The number of nitrogens with zero attached hydrogens (tertiary/aromatic N) is 2. The molecule has 3 heterocycles. The first kappa shape index (κ1) is 29.8. The summed E-state index contributed by atoms with van der Waals surface area (Å²) in [6.07, 6.45) is -1.55. The monoisotopic (exact) mass is 582 g/mol. The highest BCUT2D eigenvalue weighted by atomic mass is 16.5. The molecule has 1 fully saturated rings. The van der Waals surface area contributed by atoms with Gasteiger partial charge < -0.3 is 24.4 Å². The van der Waals surface area contributed by atoms with Gasteiger partial charge in [0.05, 0.1) is 32.3 Å². The summed E-state index contributed by atoms with van der Waals surface area (Å²) in [5, 5.41) is 23.3. The van der Waals surface area contributed by atoms with Crippen molar-refractivity contribution in [2.75, 3.05) is 27.9 Å². The molecule has 0 amide bonds. The van der Waals surface area contributed by atoms with E-state index in [1.165, 1.54) is 33.0 Å². The Balaban J connectivity index is 1.70. The van der Waals surface area contributed by atoms with E-state index in [1.54, 1.807) is 31.9 Å². The van der Waals surface area contributed by atoms with Crippen LogP contribution in [0.5, 0.6) is 0 Å². The molecule has 12 nitrogen and oxygen atoms in total. The molecule has 224 valence electrons. The van der Waals surface area contributed by atoms with Gasteiger partial charge in [0.15, 0.2) is 23.1 Å². The third-order valence-electron chi connectivity index (χ3n) is 9.22. The van der Waals surface area contributed by atoms with Crippen LogP contribution in [0.2, 0.25) is 0 Å². The molecule has 6 atom stereocenters. The van der Waals surface area contributed by atoms with E-state index in [0.29, 0.717) is 5.57 Å². The van der Waals surface area contributed by atoms with Crippen molar-refractivity contribution in [3.05, 3.63) is 56.6 Å². The van der Waals surface area contributed by atoms with Crippen LogP contribution in [0.1, 0.15) is 34.1 Å². The van der Waals surface area contributed by atoms with Crippen molar-refractivity contribution in [3.8, 4) is 0 Å². The number of likely N-dealkylation sites (N-methyl/N-ethyl adjacent to an activating group) is 1. The Bertz CT molecular complexity index is 1490. The molecule has 0 aromatic carbocycles. The number of ketones is 4. The Labute approximate surface area is 242 Å². The largest absolute Gasteiger partial charge is 0.492 e. The van der Waals surface area contributed by atoms with Gasteiger partial charge in [0.2, 0.25) is 11.6 Å². The van der Waals surface area contributed by atoms with E-state index in [2.05, 4.69) is 0 Å². The number of carbonyl (C=O) groups excluding carboxylic acids is 5. The van der Waals surface area contributed by atoms with Gasteiger partial charge in [-0.15, -0.1) is 0 Å². The topological polar surface area (TPSA) is 160 Å². The lowest BCUT2D eigenvalue weighted by atomic mass is 9.68. The highest BCUT2D eigenvalue weighted by Crippen LogP contribution is 2.48. The van der Waals surface area contributed by atoms with Crippen LogP contribution < -0.4 is 0 Å². The van der Waals surface area contributed by atoms with Gasteiger partial charge in [0.1, 0.15) is 18.9 Å². The number of hydrogen-bond acceptors (Lipinski definition) is 12. The van der Waals surface area contributed by atoms with Crippen molar-refractivity contribution in [2.24, 2.45) is 0 Å². The molecule has 3 aliphatic heterocycles. The van der Waals surface area contributed by atoms with Gasteiger partial charge in [-0.1, -0.05) is 6.08 Å². The van der Waals surface area contributed by atoms with Crippen LogP contribution in [0.3, 0.4) is 0 Å². The van der Waals surface area contributed by atoms with Crippen LogP contribution in [0.15, 0.2) is 56.6 Å². The molecule has 0 aromatic rings. The van der Waals surface area contributed by atoms with E-state index in [4.69, 9.17) is 14.2 Å². The van der Waals surface area contributed by atoms with E-state index >= 15 is 0 Å². The van der Waals surface area contributed by atoms with E-state index < -0.39 is 72.2 Å².